The van der Waals surface area contributed by atoms with Gasteiger partial charge >= 0.3 is 12.0 Å². The maximum absolute atomic E-state index is 12.0. The summed E-state index contributed by atoms with van der Waals surface area (Å²) in [6, 6.07) is 6.33. The molecule has 20 heavy (non-hydrogen) atoms. The molecule has 0 aromatic heterocycles. The van der Waals surface area contributed by atoms with Crippen LogP contribution in [0.1, 0.15) is 22.8 Å². The first-order valence-corrected chi connectivity index (χ1v) is 6.53. The lowest BCUT2D eigenvalue weighted by molar-refractivity contribution is -0.00351. The van der Waals surface area contributed by atoms with Gasteiger partial charge in [0, 0.05) is 19.6 Å². The molecule has 6 nitrogen and oxygen atoms in total. The third kappa shape index (κ3) is 3.71. The molecule has 1 aliphatic heterocycles. The number of carboxylic acids is 1. The molecule has 1 heterocycles. The molecule has 6 heteroatoms. The number of amides is 2. The summed E-state index contributed by atoms with van der Waals surface area (Å²) in [6.07, 6.45) is 0.0596. The van der Waals surface area contributed by atoms with Crippen LogP contribution in [0.4, 0.5) is 4.79 Å². The molecule has 108 valence electrons. The van der Waals surface area contributed by atoms with E-state index in [0.29, 0.717) is 26.2 Å². The molecule has 0 aliphatic carbocycles. The van der Waals surface area contributed by atoms with E-state index in [9.17, 15) is 9.59 Å². The van der Waals surface area contributed by atoms with Crippen molar-refractivity contribution in [2.45, 2.75) is 19.6 Å². The molecule has 0 spiro atoms. The number of nitrogens with zero attached hydrogens (tertiary/aromatic N) is 1. The zero-order chi connectivity index (χ0) is 14.5. The van der Waals surface area contributed by atoms with E-state index in [2.05, 4.69) is 5.32 Å². The van der Waals surface area contributed by atoms with E-state index in [-0.39, 0.29) is 17.7 Å². The van der Waals surface area contributed by atoms with Crippen molar-refractivity contribution in [2.75, 3.05) is 19.7 Å². The van der Waals surface area contributed by atoms with Gasteiger partial charge in [0.1, 0.15) is 0 Å². The Bertz CT molecular complexity index is 486. The average Bonchev–Trinajstić information content (AvgIpc) is 2.45. The lowest BCUT2D eigenvalue weighted by Gasteiger charge is -2.31. The summed E-state index contributed by atoms with van der Waals surface area (Å²) in [5.41, 5.74) is 1.10. The van der Waals surface area contributed by atoms with Crippen LogP contribution in [0.3, 0.4) is 0 Å². The van der Waals surface area contributed by atoms with Gasteiger partial charge in [0.05, 0.1) is 18.3 Å². The minimum Gasteiger partial charge on any atom is -0.478 e. The number of urea groups is 1. The highest BCUT2D eigenvalue weighted by molar-refractivity contribution is 5.87. The van der Waals surface area contributed by atoms with E-state index < -0.39 is 5.97 Å². The van der Waals surface area contributed by atoms with E-state index in [4.69, 9.17) is 9.84 Å². The fourth-order valence-electron chi connectivity index (χ4n) is 2.06. The molecule has 1 aromatic rings. The number of hydrogen-bond donors (Lipinski definition) is 2. The molecule has 1 fully saturated rings. The van der Waals surface area contributed by atoms with Gasteiger partial charge in [0.2, 0.25) is 0 Å². The normalized spacial score (nSPS) is 18.6. The average molecular weight is 278 g/mol. The summed E-state index contributed by atoms with van der Waals surface area (Å²) in [6.45, 7) is 4.05. The highest BCUT2D eigenvalue weighted by Gasteiger charge is 2.20. The van der Waals surface area contributed by atoms with E-state index >= 15 is 0 Å². The van der Waals surface area contributed by atoms with Crippen LogP contribution in [0.5, 0.6) is 0 Å². The Morgan fingerprint density at radius 3 is 2.70 bits per heavy atom. The van der Waals surface area contributed by atoms with E-state index in [0.717, 1.165) is 5.56 Å². The van der Waals surface area contributed by atoms with Crippen LogP contribution >= 0.6 is 0 Å². The maximum atomic E-state index is 12.0. The third-order valence-electron chi connectivity index (χ3n) is 3.17. The SMILES string of the molecule is C[C@H]1CN(C(=O)NCc2ccc(C(=O)O)cc2)CCO1. The number of benzene rings is 1. The van der Waals surface area contributed by atoms with Crippen molar-refractivity contribution in [2.24, 2.45) is 0 Å². The third-order valence-corrected chi connectivity index (χ3v) is 3.17. The Morgan fingerprint density at radius 2 is 2.10 bits per heavy atom. The molecule has 0 bridgehead atoms. The number of morpholine rings is 1. The molecule has 1 atom stereocenters. The first-order valence-electron chi connectivity index (χ1n) is 6.53. The predicted molar refractivity (Wildman–Crippen MR) is 72.6 cm³/mol. The van der Waals surface area contributed by atoms with Crippen LogP contribution in [0.15, 0.2) is 24.3 Å². The fourth-order valence-corrected chi connectivity index (χ4v) is 2.06. The van der Waals surface area contributed by atoms with Crippen LogP contribution in [-0.2, 0) is 11.3 Å². The molecule has 2 rings (SSSR count). The number of ether oxygens (including phenoxy) is 1. The summed E-state index contributed by atoms with van der Waals surface area (Å²) in [7, 11) is 0. The van der Waals surface area contributed by atoms with Crippen LogP contribution in [0.25, 0.3) is 0 Å². The Balaban J connectivity index is 1.85. The minimum atomic E-state index is -0.956. The lowest BCUT2D eigenvalue weighted by atomic mass is 10.1. The number of carboxylic acid groups (broad SMARTS) is 1. The van der Waals surface area contributed by atoms with Gasteiger partial charge in [-0.1, -0.05) is 12.1 Å². The van der Waals surface area contributed by atoms with Gasteiger partial charge in [-0.15, -0.1) is 0 Å². The second-order valence-electron chi connectivity index (χ2n) is 4.79. The van der Waals surface area contributed by atoms with Gasteiger partial charge in [0.15, 0.2) is 0 Å². The molecule has 0 unspecified atom stereocenters. The van der Waals surface area contributed by atoms with Gasteiger partial charge in [-0.05, 0) is 24.6 Å². The standard InChI is InChI=1S/C14H18N2O4/c1-10-9-16(6-7-20-10)14(19)15-8-11-2-4-12(5-3-11)13(17)18/h2-5,10H,6-9H2,1H3,(H,15,19)(H,17,18)/t10-/m0/s1. The molecule has 0 radical (unpaired) electrons. The van der Waals surface area contributed by atoms with Crippen LogP contribution in [0.2, 0.25) is 0 Å². The maximum Gasteiger partial charge on any atom is 0.335 e. The number of aromatic carboxylic acids is 1. The van der Waals surface area contributed by atoms with Crippen molar-refractivity contribution in [3.05, 3.63) is 35.4 Å². The van der Waals surface area contributed by atoms with Crippen molar-refractivity contribution in [1.29, 1.82) is 0 Å². The van der Waals surface area contributed by atoms with Crippen LogP contribution < -0.4 is 5.32 Å². The van der Waals surface area contributed by atoms with E-state index in [1.54, 1.807) is 17.0 Å². The van der Waals surface area contributed by atoms with Crippen molar-refractivity contribution in [1.82, 2.24) is 10.2 Å². The predicted octanol–water partition coefficient (Wildman–Crippen LogP) is 1.32. The second kappa shape index (κ2) is 6.38. The quantitative estimate of drug-likeness (QED) is 0.874. The molecule has 2 amide bonds. The summed E-state index contributed by atoms with van der Waals surface area (Å²) < 4.78 is 5.38. The Morgan fingerprint density at radius 1 is 1.40 bits per heavy atom. The molecule has 1 aromatic carbocycles. The molecule has 0 saturated carbocycles. The second-order valence-corrected chi connectivity index (χ2v) is 4.79. The largest absolute Gasteiger partial charge is 0.478 e. The minimum absolute atomic E-state index is 0.0596. The monoisotopic (exact) mass is 278 g/mol. The molecule has 1 saturated heterocycles. The molecular formula is C14H18N2O4. The number of carbonyl (C=O) groups excluding carboxylic acids is 1. The number of hydrogen-bond acceptors (Lipinski definition) is 3. The summed E-state index contributed by atoms with van der Waals surface area (Å²) in [5, 5.41) is 11.6. The zero-order valence-electron chi connectivity index (χ0n) is 11.3. The molecule has 1 aliphatic rings. The molecular weight excluding hydrogens is 260 g/mol. The zero-order valence-corrected chi connectivity index (χ0v) is 11.3. The summed E-state index contributed by atoms with van der Waals surface area (Å²) >= 11 is 0. The summed E-state index contributed by atoms with van der Waals surface area (Å²) in [5.74, 6) is -0.956. The van der Waals surface area contributed by atoms with Crippen molar-refractivity contribution in [3.8, 4) is 0 Å². The van der Waals surface area contributed by atoms with Crippen molar-refractivity contribution in [3.63, 3.8) is 0 Å². The van der Waals surface area contributed by atoms with Crippen molar-refractivity contribution < 1.29 is 19.4 Å². The first kappa shape index (κ1) is 14.3. The highest BCUT2D eigenvalue weighted by Crippen LogP contribution is 2.06. The number of nitrogens with one attached hydrogen (secondary N) is 1. The Labute approximate surface area is 117 Å². The first-order chi connectivity index (χ1) is 9.56. The Hall–Kier alpha value is -2.08. The lowest BCUT2D eigenvalue weighted by Crippen LogP contribution is -2.48. The van der Waals surface area contributed by atoms with Gasteiger partial charge < -0.3 is 20.1 Å². The van der Waals surface area contributed by atoms with Gasteiger partial charge in [0.25, 0.3) is 0 Å². The van der Waals surface area contributed by atoms with Gasteiger partial charge in [-0.3, -0.25) is 0 Å². The smallest absolute Gasteiger partial charge is 0.335 e. The number of carbonyl (C=O) groups is 2. The summed E-state index contributed by atoms with van der Waals surface area (Å²) in [4.78, 5) is 24.4. The topological polar surface area (TPSA) is 78.9 Å². The number of rotatable bonds is 3. The van der Waals surface area contributed by atoms with Crippen LogP contribution in [0, 0.1) is 0 Å². The Kier molecular flexibility index (Phi) is 4.57. The van der Waals surface area contributed by atoms with Gasteiger partial charge in [-0.25, -0.2) is 9.59 Å². The van der Waals surface area contributed by atoms with E-state index in [1.165, 1.54) is 12.1 Å². The fraction of sp³-hybridized carbons (Fsp3) is 0.429. The van der Waals surface area contributed by atoms with Crippen LogP contribution in [-0.4, -0.2) is 47.8 Å². The van der Waals surface area contributed by atoms with Crippen molar-refractivity contribution >= 4 is 12.0 Å². The van der Waals surface area contributed by atoms with E-state index in [1.807, 2.05) is 6.92 Å². The highest BCUT2D eigenvalue weighted by atomic mass is 16.5. The van der Waals surface area contributed by atoms with Gasteiger partial charge in [-0.2, -0.15) is 0 Å². The molecule has 2 N–H and O–H groups in total.